The molecule has 0 aliphatic carbocycles. The topological polar surface area (TPSA) is 75.7 Å². The molecule has 0 radical (unpaired) electrons. The second-order valence-corrected chi connectivity index (χ2v) is 7.95. The van der Waals surface area contributed by atoms with E-state index in [4.69, 9.17) is 4.74 Å². The highest BCUT2D eigenvalue weighted by molar-refractivity contribution is 7.92. The van der Waals surface area contributed by atoms with E-state index in [0.29, 0.717) is 30.9 Å². The number of anilines is 1. The van der Waals surface area contributed by atoms with Crippen molar-refractivity contribution in [2.24, 2.45) is 0 Å². The minimum absolute atomic E-state index is 0.119. The van der Waals surface area contributed by atoms with Crippen LogP contribution in [0.3, 0.4) is 0 Å². The molecule has 1 heterocycles. The maximum atomic E-state index is 13.2. The summed E-state index contributed by atoms with van der Waals surface area (Å²) in [7, 11) is -2.18. The first kappa shape index (κ1) is 18.4. The van der Waals surface area contributed by atoms with Crippen molar-refractivity contribution in [2.75, 3.05) is 31.1 Å². The van der Waals surface area contributed by atoms with Gasteiger partial charge in [-0.05, 0) is 42.7 Å². The highest BCUT2D eigenvalue weighted by Gasteiger charge is 2.29. The Balaban J connectivity index is 1.89. The van der Waals surface area contributed by atoms with Gasteiger partial charge in [0, 0.05) is 25.8 Å². The first-order chi connectivity index (χ1) is 12.5. The lowest BCUT2D eigenvalue weighted by atomic mass is 10.0. The molecule has 0 saturated carbocycles. The molecule has 0 bridgehead atoms. The Hall–Kier alpha value is -2.38. The van der Waals surface area contributed by atoms with Crippen LogP contribution in [0.2, 0.25) is 0 Å². The van der Waals surface area contributed by atoms with Crippen molar-refractivity contribution in [3.05, 3.63) is 59.7 Å². The molecule has 0 fully saturated rings. The fourth-order valence-corrected chi connectivity index (χ4v) is 4.63. The monoisotopic (exact) mass is 374 g/mol. The highest BCUT2D eigenvalue weighted by atomic mass is 32.2. The number of ether oxygens (including phenoxy) is 1. The summed E-state index contributed by atoms with van der Waals surface area (Å²) in [5.74, 6) is -0.321. The Morgan fingerprint density at radius 1 is 1.19 bits per heavy atom. The van der Waals surface area contributed by atoms with Crippen LogP contribution in [-0.2, 0) is 21.2 Å². The molecule has 1 N–H and O–H groups in total. The van der Waals surface area contributed by atoms with Crippen LogP contribution >= 0.6 is 0 Å². The van der Waals surface area contributed by atoms with Crippen LogP contribution in [-0.4, -0.2) is 41.1 Å². The van der Waals surface area contributed by atoms with E-state index in [1.165, 1.54) is 16.4 Å². The number of hydrogen-bond acceptors (Lipinski definition) is 4. The Morgan fingerprint density at radius 2 is 2.00 bits per heavy atom. The van der Waals surface area contributed by atoms with Crippen molar-refractivity contribution < 1.29 is 17.9 Å². The van der Waals surface area contributed by atoms with Gasteiger partial charge in [0.2, 0.25) is 0 Å². The van der Waals surface area contributed by atoms with Gasteiger partial charge in [-0.1, -0.05) is 24.3 Å². The van der Waals surface area contributed by atoms with Crippen LogP contribution in [0.4, 0.5) is 5.69 Å². The van der Waals surface area contributed by atoms with Crippen molar-refractivity contribution in [3.8, 4) is 0 Å². The number of nitrogens with zero attached hydrogens (tertiary/aromatic N) is 1. The molecule has 1 aliphatic heterocycles. The molecular weight excluding hydrogens is 352 g/mol. The molecule has 2 aromatic rings. The number of amides is 1. The molecule has 2 aromatic carbocycles. The van der Waals surface area contributed by atoms with Gasteiger partial charge < -0.3 is 10.1 Å². The molecule has 26 heavy (non-hydrogen) atoms. The summed E-state index contributed by atoms with van der Waals surface area (Å²) in [6.45, 7) is 1.20. The van der Waals surface area contributed by atoms with E-state index in [1.54, 1.807) is 19.2 Å². The van der Waals surface area contributed by atoms with Crippen LogP contribution in [0.5, 0.6) is 0 Å². The van der Waals surface area contributed by atoms with Gasteiger partial charge in [0.1, 0.15) is 0 Å². The second kappa shape index (κ2) is 7.88. The average Bonchev–Trinajstić information content (AvgIpc) is 2.67. The Kier molecular flexibility index (Phi) is 5.58. The molecule has 7 heteroatoms. The quantitative estimate of drug-likeness (QED) is 0.787. The third-order valence-corrected chi connectivity index (χ3v) is 6.15. The zero-order valence-corrected chi connectivity index (χ0v) is 15.5. The van der Waals surface area contributed by atoms with Crippen LogP contribution in [0, 0.1) is 0 Å². The summed E-state index contributed by atoms with van der Waals surface area (Å²) in [5.41, 5.74) is 2.05. The van der Waals surface area contributed by atoms with Crippen molar-refractivity contribution in [3.63, 3.8) is 0 Å². The summed E-state index contributed by atoms with van der Waals surface area (Å²) in [4.78, 5) is 12.3. The maximum absolute atomic E-state index is 13.2. The largest absolute Gasteiger partial charge is 0.383 e. The summed E-state index contributed by atoms with van der Waals surface area (Å²) in [6, 6.07) is 13.7. The standard InChI is InChI=1S/C19H22N2O4S/c1-25-13-11-20-19(22)16-7-4-9-17(14-16)26(23,24)21-12-5-8-15-6-2-3-10-18(15)21/h2-4,6-7,9-10,14H,5,8,11-13H2,1H3,(H,20,22). The first-order valence-electron chi connectivity index (χ1n) is 8.52. The van der Waals surface area contributed by atoms with Gasteiger partial charge in [-0.2, -0.15) is 0 Å². The minimum Gasteiger partial charge on any atom is -0.383 e. The number of carbonyl (C=O) groups excluding carboxylic acids is 1. The van der Waals surface area contributed by atoms with Crippen LogP contribution in [0.25, 0.3) is 0 Å². The lowest BCUT2D eigenvalue weighted by Gasteiger charge is -2.30. The molecule has 6 nitrogen and oxygen atoms in total. The summed E-state index contributed by atoms with van der Waals surface area (Å²) in [6.07, 6.45) is 1.64. The fourth-order valence-electron chi connectivity index (χ4n) is 3.04. The van der Waals surface area contributed by atoms with Gasteiger partial charge in [0.05, 0.1) is 17.2 Å². The number of methoxy groups -OCH3 is 1. The Bertz CT molecular complexity index is 896. The number of aryl methyl sites for hydroxylation is 1. The second-order valence-electron chi connectivity index (χ2n) is 6.09. The van der Waals surface area contributed by atoms with E-state index in [9.17, 15) is 13.2 Å². The third kappa shape index (κ3) is 3.73. The molecule has 0 spiro atoms. The SMILES string of the molecule is COCCNC(=O)c1cccc(S(=O)(=O)N2CCCc3ccccc32)c1. The molecule has 3 rings (SSSR count). The number of para-hydroxylation sites is 1. The van der Waals surface area contributed by atoms with Crippen LogP contribution in [0.1, 0.15) is 22.3 Å². The minimum atomic E-state index is -3.73. The lowest BCUT2D eigenvalue weighted by molar-refractivity contribution is 0.0937. The zero-order chi connectivity index (χ0) is 18.6. The molecule has 0 atom stereocenters. The molecule has 0 aromatic heterocycles. The highest BCUT2D eigenvalue weighted by Crippen LogP contribution is 2.31. The third-order valence-electron chi connectivity index (χ3n) is 4.34. The summed E-state index contributed by atoms with van der Waals surface area (Å²) >= 11 is 0. The molecule has 0 saturated heterocycles. The predicted molar refractivity (Wildman–Crippen MR) is 99.9 cm³/mol. The molecule has 138 valence electrons. The van der Waals surface area contributed by atoms with E-state index in [1.807, 2.05) is 24.3 Å². The number of carbonyl (C=O) groups is 1. The summed E-state index contributed by atoms with van der Waals surface area (Å²) in [5, 5.41) is 2.70. The van der Waals surface area contributed by atoms with E-state index in [0.717, 1.165) is 18.4 Å². The van der Waals surface area contributed by atoms with Crippen molar-refractivity contribution in [1.82, 2.24) is 5.32 Å². The number of hydrogen-bond donors (Lipinski definition) is 1. The number of fused-ring (bicyclic) bond motifs is 1. The number of rotatable bonds is 6. The normalized spacial score (nSPS) is 14.0. The van der Waals surface area contributed by atoms with Gasteiger partial charge >= 0.3 is 0 Å². The Morgan fingerprint density at radius 3 is 2.81 bits per heavy atom. The Labute approximate surface area is 153 Å². The zero-order valence-electron chi connectivity index (χ0n) is 14.6. The molecule has 1 aliphatic rings. The molecule has 0 unspecified atom stereocenters. The average molecular weight is 374 g/mol. The van der Waals surface area contributed by atoms with Crippen molar-refractivity contribution >= 4 is 21.6 Å². The van der Waals surface area contributed by atoms with Crippen molar-refractivity contribution in [1.29, 1.82) is 0 Å². The van der Waals surface area contributed by atoms with Gasteiger partial charge in [0.15, 0.2) is 0 Å². The van der Waals surface area contributed by atoms with Gasteiger partial charge in [0.25, 0.3) is 15.9 Å². The number of benzene rings is 2. The van der Waals surface area contributed by atoms with E-state index in [2.05, 4.69) is 5.32 Å². The first-order valence-corrected chi connectivity index (χ1v) is 9.96. The number of sulfonamides is 1. The van der Waals surface area contributed by atoms with E-state index in [-0.39, 0.29) is 10.8 Å². The summed E-state index contributed by atoms with van der Waals surface area (Å²) < 4.78 is 32.7. The number of nitrogens with one attached hydrogen (secondary N) is 1. The van der Waals surface area contributed by atoms with E-state index < -0.39 is 10.0 Å². The fraction of sp³-hybridized carbons (Fsp3) is 0.316. The van der Waals surface area contributed by atoms with Crippen LogP contribution in [0.15, 0.2) is 53.4 Å². The van der Waals surface area contributed by atoms with E-state index >= 15 is 0 Å². The molecular formula is C19H22N2O4S. The lowest BCUT2D eigenvalue weighted by Crippen LogP contribution is -2.35. The van der Waals surface area contributed by atoms with Gasteiger partial charge in [-0.15, -0.1) is 0 Å². The predicted octanol–water partition coefficient (Wildman–Crippen LogP) is 2.20. The van der Waals surface area contributed by atoms with Gasteiger partial charge in [-0.3, -0.25) is 9.10 Å². The van der Waals surface area contributed by atoms with Crippen molar-refractivity contribution in [2.45, 2.75) is 17.7 Å². The van der Waals surface area contributed by atoms with Gasteiger partial charge in [-0.25, -0.2) is 8.42 Å². The smallest absolute Gasteiger partial charge is 0.264 e. The maximum Gasteiger partial charge on any atom is 0.264 e. The van der Waals surface area contributed by atoms with Crippen LogP contribution < -0.4 is 9.62 Å². The molecule has 1 amide bonds.